The second-order valence-corrected chi connectivity index (χ2v) is 3.71. The van der Waals surface area contributed by atoms with Crippen LogP contribution in [0.25, 0.3) is 16.7 Å². The molecule has 0 saturated carbocycles. The van der Waals surface area contributed by atoms with Crippen molar-refractivity contribution in [1.29, 1.82) is 0 Å². The van der Waals surface area contributed by atoms with Gasteiger partial charge < -0.3 is 9.63 Å². The summed E-state index contributed by atoms with van der Waals surface area (Å²) in [5.74, 6) is 0.0754. The second-order valence-electron chi connectivity index (χ2n) is 3.71. The molecule has 1 N–H and O–H groups in total. The Labute approximate surface area is 96.3 Å². The minimum atomic E-state index is -0.230. The van der Waals surface area contributed by atoms with Crippen molar-refractivity contribution in [3.8, 4) is 11.4 Å². The lowest BCUT2D eigenvalue weighted by Gasteiger charge is -1.96. The van der Waals surface area contributed by atoms with Crippen LogP contribution >= 0.6 is 0 Å². The minimum Gasteiger partial charge on any atom is -0.508 e. The number of rotatable bonds is 1. The first-order chi connectivity index (χ1) is 8.25. The monoisotopic (exact) mass is 227 g/mol. The molecule has 1 aromatic heterocycles. The lowest BCUT2D eigenvalue weighted by atomic mass is 10.2. The third kappa shape index (κ3) is 1.50. The first-order valence-electron chi connectivity index (χ1n) is 5.16. The van der Waals surface area contributed by atoms with Crippen LogP contribution in [0.4, 0.5) is 0 Å². The fourth-order valence-electron chi connectivity index (χ4n) is 1.75. The van der Waals surface area contributed by atoms with E-state index in [1.807, 2.05) is 18.2 Å². The maximum Gasteiger partial charge on any atom is 0.295 e. The third-order valence-electron chi connectivity index (χ3n) is 2.56. The number of benzene rings is 2. The molecule has 0 bridgehead atoms. The largest absolute Gasteiger partial charge is 0.508 e. The van der Waals surface area contributed by atoms with E-state index in [4.69, 9.17) is 4.52 Å². The van der Waals surface area contributed by atoms with Crippen LogP contribution in [-0.4, -0.2) is 9.85 Å². The van der Waals surface area contributed by atoms with E-state index in [-0.39, 0.29) is 11.3 Å². The Hall–Kier alpha value is -2.49. The predicted octanol–water partition coefficient (Wildman–Crippen LogP) is 2.29. The molecule has 0 atom stereocenters. The van der Waals surface area contributed by atoms with Gasteiger partial charge in [0, 0.05) is 6.07 Å². The van der Waals surface area contributed by atoms with Gasteiger partial charge in [0.2, 0.25) is 0 Å². The summed E-state index contributed by atoms with van der Waals surface area (Å²) < 4.78 is 6.62. The fourth-order valence-corrected chi connectivity index (χ4v) is 1.75. The number of para-hydroxylation sites is 1. The van der Waals surface area contributed by atoms with Gasteiger partial charge >= 0.3 is 0 Å². The maximum absolute atomic E-state index is 12.0. The van der Waals surface area contributed by atoms with E-state index in [0.717, 1.165) is 0 Å². The van der Waals surface area contributed by atoms with Crippen LogP contribution < -0.4 is 5.56 Å². The molecule has 17 heavy (non-hydrogen) atoms. The Balaban J connectivity index is 2.32. The Morgan fingerprint density at radius 3 is 2.59 bits per heavy atom. The Morgan fingerprint density at radius 1 is 1.06 bits per heavy atom. The smallest absolute Gasteiger partial charge is 0.295 e. The van der Waals surface area contributed by atoms with Crippen molar-refractivity contribution in [2.24, 2.45) is 0 Å². The van der Waals surface area contributed by atoms with Crippen molar-refractivity contribution in [1.82, 2.24) is 4.74 Å². The summed E-state index contributed by atoms with van der Waals surface area (Å²) in [7, 11) is 0. The highest BCUT2D eigenvalue weighted by Crippen LogP contribution is 2.19. The van der Waals surface area contributed by atoms with Gasteiger partial charge in [0.1, 0.15) is 5.75 Å². The van der Waals surface area contributed by atoms with Gasteiger partial charge in [-0.1, -0.05) is 18.2 Å². The van der Waals surface area contributed by atoms with Gasteiger partial charge in [-0.15, -0.1) is 4.74 Å². The van der Waals surface area contributed by atoms with Crippen molar-refractivity contribution >= 4 is 11.0 Å². The molecule has 4 heteroatoms. The molecular weight excluding hydrogens is 218 g/mol. The lowest BCUT2D eigenvalue weighted by molar-refractivity contribution is 0.367. The summed E-state index contributed by atoms with van der Waals surface area (Å²) in [6.07, 6.45) is 0. The van der Waals surface area contributed by atoms with E-state index in [1.165, 1.54) is 16.9 Å². The minimum absolute atomic E-state index is 0.0754. The summed E-state index contributed by atoms with van der Waals surface area (Å²) in [5.41, 5.74) is 0.804. The van der Waals surface area contributed by atoms with E-state index in [9.17, 15) is 9.90 Å². The molecule has 0 aliphatic heterocycles. The van der Waals surface area contributed by atoms with Crippen molar-refractivity contribution < 1.29 is 9.63 Å². The van der Waals surface area contributed by atoms with Gasteiger partial charge in [0.25, 0.3) is 5.56 Å². The number of phenols is 1. The average molecular weight is 227 g/mol. The Morgan fingerprint density at radius 2 is 1.82 bits per heavy atom. The van der Waals surface area contributed by atoms with Crippen LogP contribution in [0.3, 0.4) is 0 Å². The first-order valence-corrected chi connectivity index (χ1v) is 5.16. The molecular formula is C13H9NO3. The predicted molar refractivity (Wildman–Crippen MR) is 63.5 cm³/mol. The molecule has 0 radical (unpaired) electrons. The molecule has 1 heterocycles. The van der Waals surface area contributed by atoms with Crippen molar-refractivity contribution in [3.63, 3.8) is 0 Å². The average Bonchev–Trinajstić information content (AvgIpc) is 2.67. The highest BCUT2D eigenvalue weighted by atomic mass is 16.5. The number of hydrogen-bond donors (Lipinski definition) is 1. The summed E-state index contributed by atoms with van der Waals surface area (Å²) in [6.45, 7) is 0. The molecule has 0 fully saturated rings. The van der Waals surface area contributed by atoms with Crippen molar-refractivity contribution in [2.75, 3.05) is 0 Å². The van der Waals surface area contributed by atoms with E-state index < -0.39 is 0 Å². The van der Waals surface area contributed by atoms with Crippen LogP contribution in [0, 0.1) is 0 Å². The number of aromatic hydroxyl groups is 1. The topological polar surface area (TPSA) is 55.4 Å². The maximum atomic E-state index is 12.0. The van der Waals surface area contributed by atoms with Gasteiger partial charge in [-0.25, -0.2) is 0 Å². The van der Waals surface area contributed by atoms with Crippen molar-refractivity contribution in [3.05, 3.63) is 58.9 Å². The molecule has 2 aromatic carbocycles. The Kier molecular flexibility index (Phi) is 2.01. The van der Waals surface area contributed by atoms with Gasteiger partial charge in [0.15, 0.2) is 5.58 Å². The zero-order valence-electron chi connectivity index (χ0n) is 8.83. The summed E-state index contributed by atoms with van der Waals surface area (Å²) in [5, 5.41) is 9.78. The quantitative estimate of drug-likeness (QED) is 0.693. The van der Waals surface area contributed by atoms with E-state index in [2.05, 4.69) is 0 Å². The molecule has 0 unspecified atom stereocenters. The van der Waals surface area contributed by atoms with Crippen LogP contribution in [0.2, 0.25) is 0 Å². The van der Waals surface area contributed by atoms with Gasteiger partial charge in [-0.2, -0.15) is 0 Å². The van der Waals surface area contributed by atoms with Crippen LogP contribution in [0.5, 0.6) is 5.75 Å². The SMILES string of the molecule is O=c1c2ccc(O)cc2on1-c1ccccc1. The highest BCUT2D eigenvalue weighted by molar-refractivity contribution is 5.77. The second kappa shape index (κ2) is 3.52. The summed E-state index contributed by atoms with van der Waals surface area (Å²) >= 11 is 0. The van der Waals surface area contributed by atoms with E-state index >= 15 is 0 Å². The third-order valence-corrected chi connectivity index (χ3v) is 2.56. The molecule has 4 nitrogen and oxygen atoms in total. The van der Waals surface area contributed by atoms with Gasteiger partial charge in [-0.05, 0) is 24.3 Å². The highest BCUT2D eigenvalue weighted by Gasteiger charge is 2.10. The van der Waals surface area contributed by atoms with E-state index in [1.54, 1.807) is 18.2 Å². The number of fused-ring (bicyclic) bond motifs is 1. The summed E-state index contributed by atoms with van der Waals surface area (Å²) in [6, 6.07) is 13.5. The number of hydrogen-bond acceptors (Lipinski definition) is 3. The molecule has 0 amide bonds. The van der Waals surface area contributed by atoms with Crippen LogP contribution in [0.1, 0.15) is 0 Å². The fraction of sp³-hybridized carbons (Fsp3) is 0. The molecule has 0 aliphatic rings. The van der Waals surface area contributed by atoms with Gasteiger partial charge in [-0.3, -0.25) is 4.79 Å². The molecule has 0 spiro atoms. The molecule has 84 valence electrons. The first kappa shape index (κ1) is 9.72. The number of nitrogens with zero attached hydrogens (tertiary/aromatic N) is 1. The molecule has 3 rings (SSSR count). The number of phenolic OH excluding ortho intramolecular Hbond substituents is 1. The molecule has 0 aliphatic carbocycles. The molecule has 3 aromatic rings. The van der Waals surface area contributed by atoms with Crippen LogP contribution in [0.15, 0.2) is 57.8 Å². The van der Waals surface area contributed by atoms with Crippen LogP contribution in [-0.2, 0) is 0 Å². The zero-order chi connectivity index (χ0) is 11.8. The summed E-state index contributed by atoms with van der Waals surface area (Å²) in [4.78, 5) is 12.0. The molecule has 0 saturated heterocycles. The van der Waals surface area contributed by atoms with Gasteiger partial charge in [0.05, 0.1) is 11.1 Å². The van der Waals surface area contributed by atoms with Crippen molar-refractivity contribution in [2.45, 2.75) is 0 Å². The standard InChI is InChI=1S/C13H9NO3/c15-10-6-7-11-12(8-10)17-14(13(11)16)9-4-2-1-3-5-9/h1-8,15H. The zero-order valence-corrected chi connectivity index (χ0v) is 8.83. The normalized spacial score (nSPS) is 10.8. The lowest BCUT2D eigenvalue weighted by Crippen LogP contribution is -2.11. The van der Waals surface area contributed by atoms with E-state index in [0.29, 0.717) is 16.7 Å². The Bertz CT molecular complexity index is 725. The number of aromatic nitrogens is 1.